The second-order valence-electron chi connectivity index (χ2n) is 7.23. The lowest BCUT2D eigenvalue weighted by Crippen LogP contribution is -2.27. The number of fused-ring (bicyclic) bond motifs is 1. The summed E-state index contributed by atoms with van der Waals surface area (Å²) in [7, 11) is 0. The monoisotopic (exact) mass is 399 g/mol. The number of unbranched alkanes of at least 4 members (excludes halogenated alkanes) is 3. The summed E-state index contributed by atoms with van der Waals surface area (Å²) < 4.78 is 1.71. The number of hydrogen-bond acceptors (Lipinski definition) is 4. The highest BCUT2D eigenvalue weighted by atomic mass is 32.2. The number of benzene rings is 1. The van der Waals surface area contributed by atoms with Crippen LogP contribution in [-0.2, 0) is 11.3 Å². The average Bonchev–Trinajstić information content (AvgIpc) is 2.68. The SMILES string of the molecule is C#CCNC(=O)CSc1nc2ccccc2c(=O)n1CCCCCCC(C)C. The van der Waals surface area contributed by atoms with Gasteiger partial charge in [0.1, 0.15) is 0 Å². The van der Waals surface area contributed by atoms with Crippen LogP contribution in [0.15, 0.2) is 34.2 Å². The number of carbonyl (C=O) groups excluding carboxylic acids is 1. The minimum atomic E-state index is -0.161. The molecule has 2 aromatic rings. The highest BCUT2D eigenvalue weighted by Gasteiger charge is 2.13. The molecule has 1 aromatic carbocycles. The van der Waals surface area contributed by atoms with Gasteiger partial charge in [-0.15, -0.1) is 6.42 Å². The first-order valence-corrected chi connectivity index (χ1v) is 10.8. The lowest BCUT2D eigenvalue weighted by molar-refractivity contribution is -0.118. The van der Waals surface area contributed by atoms with Crippen molar-refractivity contribution in [2.24, 2.45) is 5.92 Å². The molecule has 1 amide bonds. The summed E-state index contributed by atoms with van der Waals surface area (Å²) in [6.45, 7) is 5.30. The lowest BCUT2D eigenvalue weighted by Gasteiger charge is -2.13. The Balaban J connectivity index is 2.09. The van der Waals surface area contributed by atoms with E-state index in [0.29, 0.717) is 22.6 Å². The molecule has 1 heterocycles. The number of rotatable bonds is 11. The van der Waals surface area contributed by atoms with Crippen LogP contribution in [0.1, 0.15) is 46.0 Å². The second kappa shape index (κ2) is 11.6. The summed E-state index contributed by atoms with van der Waals surface area (Å²) in [5.74, 6) is 3.13. The molecule has 0 spiro atoms. The van der Waals surface area contributed by atoms with Gasteiger partial charge in [-0.05, 0) is 24.5 Å². The van der Waals surface area contributed by atoms with Gasteiger partial charge in [0.25, 0.3) is 5.56 Å². The molecule has 28 heavy (non-hydrogen) atoms. The van der Waals surface area contributed by atoms with E-state index in [-0.39, 0.29) is 23.8 Å². The zero-order chi connectivity index (χ0) is 20.4. The fourth-order valence-corrected chi connectivity index (χ4v) is 3.82. The third kappa shape index (κ3) is 6.72. The Bertz CT molecular complexity index is 883. The van der Waals surface area contributed by atoms with Crippen LogP contribution < -0.4 is 10.9 Å². The molecule has 0 fully saturated rings. The largest absolute Gasteiger partial charge is 0.344 e. The summed E-state index contributed by atoms with van der Waals surface area (Å²) >= 11 is 1.28. The summed E-state index contributed by atoms with van der Waals surface area (Å²) in [4.78, 5) is 29.5. The number of nitrogens with zero attached hydrogens (tertiary/aromatic N) is 2. The van der Waals surface area contributed by atoms with E-state index in [2.05, 4.69) is 30.1 Å². The molecular weight excluding hydrogens is 370 g/mol. The summed E-state index contributed by atoms with van der Waals surface area (Å²) in [6, 6.07) is 7.34. The number of hydrogen-bond donors (Lipinski definition) is 1. The first kappa shape index (κ1) is 22.0. The molecule has 0 saturated carbocycles. The maximum Gasteiger partial charge on any atom is 0.262 e. The molecule has 0 saturated heterocycles. The number of aromatic nitrogens is 2. The van der Waals surface area contributed by atoms with Crippen molar-refractivity contribution in [1.29, 1.82) is 0 Å². The highest BCUT2D eigenvalue weighted by molar-refractivity contribution is 7.99. The summed E-state index contributed by atoms with van der Waals surface area (Å²) in [5, 5.41) is 3.84. The summed E-state index contributed by atoms with van der Waals surface area (Å²) in [5.41, 5.74) is 0.617. The molecule has 5 nitrogen and oxygen atoms in total. The van der Waals surface area contributed by atoms with E-state index in [1.807, 2.05) is 18.2 Å². The first-order chi connectivity index (χ1) is 13.5. The molecule has 1 aromatic heterocycles. The quantitative estimate of drug-likeness (QED) is 0.270. The van der Waals surface area contributed by atoms with Crippen LogP contribution in [0.25, 0.3) is 10.9 Å². The Morgan fingerprint density at radius 3 is 2.75 bits per heavy atom. The fraction of sp³-hybridized carbons (Fsp3) is 0.500. The first-order valence-electron chi connectivity index (χ1n) is 9.85. The Hall–Kier alpha value is -2.26. The van der Waals surface area contributed by atoms with E-state index >= 15 is 0 Å². The molecule has 0 unspecified atom stereocenters. The van der Waals surface area contributed by atoms with Crippen LogP contribution in [0.4, 0.5) is 0 Å². The van der Waals surface area contributed by atoms with Crippen molar-refractivity contribution in [3.63, 3.8) is 0 Å². The molecule has 0 bridgehead atoms. The number of amides is 1. The number of carbonyl (C=O) groups is 1. The predicted molar refractivity (Wildman–Crippen MR) is 116 cm³/mol. The van der Waals surface area contributed by atoms with Gasteiger partial charge < -0.3 is 5.32 Å². The molecule has 0 aliphatic heterocycles. The van der Waals surface area contributed by atoms with Crippen LogP contribution in [0.3, 0.4) is 0 Å². The van der Waals surface area contributed by atoms with Crippen LogP contribution >= 0.6 is 11.8 Å². The molecule has 0 aliphatic carbocycles. The van der Waals surface area contributed by atoms with E-state index in [1.54, 1.807) is 10.6 Å². The van der Waals surface area contributed by atoms with E-state index in [4.69, 9.17) is 6.42 Å². The Morgan fingerprint density at radius 2 is 2.00 bits per heavy atom. The van der Waals surface area contributed by atoms with Gasteiger partial charge in [0, 0.05) is 6.54 Å². The van der Waals surface area contributed by atoms with Gasteiger partial charge in [0.05, 0.1) is 23.2 Å². The standard InChI is InChI=1S/C22H29N3O2S/c1-4-14-23-20(26)16-28-22-24-19-13-9-8-12-18(19)21(27)25(22)15-10-6-5-7-11-17(2)3/h1,8-9,12-13,17H,5-7,10-11,14-16H2,2-3H3,(H,23,26). The molecule has 1 N–H and O–H groups in total. The fourth-order valence-electron chi connectivity index (χ4n) is 2.96. The average molecular weight is 400 g/mol. The van der Waals surface area contributed by atoms with Crippen molar-refractivity contribution in [1.82, 2.24) is 14.9 Å². The minimum Gasteiger partial charge on any atom is -0.344 e. The maximum absolute atomic E-state index is 13.0. The van der Waals surface area contributed by atoms with Gasteiger partial charge in [-0.1, -0.05) is 69.3 Å². The number of terminal acetylenes is 1. The van der Waals surface area contributed by atoms with Crippen LogP contribution in [0.5, 0.6) is 0 Å². The summed E-state index contributed by atoms with van der Waals surface area (Å²) in [6.07, 6.45) is 10.8. The topological polar surface area (TPSA) is 64.0 Å². The van der Waals surface area contributed by atoms with Crippen LogP contribution in [0, 0.1) is 18.3 Å². The molecule has 150 valence electrons. The van der Waals surface area contributed by atoms with Crippen molar-refractivity contribution >= 4 is 28.6 Å². The zero-order valence-corrected chi connectivity index (χ0v) is 17.6. The van der Waals surface area contributed by atoms with Crippen LogP contribution in [0.2, 0.25) is 0 Å². The Labute approximate surface area is 171 Å². The van der Waals surface area contributed by atoms with E-state index in [0.717, 1.165) is 18.8 Å². The normalized spacial score (nSPS) is 10.9. The van der Waals surface area contributed by atoms with Gasteiger partial charge in [-0.3, -0.25) is 14.2 Å². The Morgan fingerprint density at radius 1 is 1.25 bits per heavy atom. The van der Waals surface area contributed by atoms with Gasteiger partial charge in [0.2, 0.25) is 5.91 Å². The van der Waals surface area contributed by atoms with Crippen molar-refractivity contribution in [2.45, 2.75) is 57.7 Å². The van der Waals surface area contributed by atoms with E-state index in [1.165, 1.54) is 31.0 Å². The molecule has 2 rings (SSSR count). The molecular formula is C22H29N3O2S. The van der Waals surface area contributed by atoms with Gasteiger partial charge in [-0.25, -0.2) is 4.98 Å². The van der Waals surface area contributed by atoms with Gasteiger partial charge in [0.15, 0.2) is 5.16 Å². The third-order valence-corrected chi connectivity index (χ3v) is 5.44. The third-order valence-electron chi connectivity index (χ3n) is 4.46. The molecule has 0 atom stereocenters. The van der Waals surface area contributed by atoms with Crippen molar-refractivity contribution < 1.29 is 4.79 Å². The molecule has 0 aliphatic rings. The van der Waals surface area contributed by atoms with Gasteiger partial charge >= 0.3 is 0 Å². The second-order valence-corrected chi connectivity index (χ2v) is 8.18. The maximum atomic E-state index is 13.0. The van der Waals surface area contributed by atoms with Crippen molar-refractivity contribution in [3.05, 3.63) is 34.6 Å². The molecule has 6 heteroatoms. The minimum absolute atomic E-state index is 0.0423. The molecule has 0 radical (unpaired) electrons. The lowest BCUT2D eigenvalue weighted by atomic mass is 10.0. The van der Waals surface area contributed by atoms with Crippen molar-refractivity contribution in [2.75, 3.05) is 12.3 Å². The Kier molecular flexibility index (Phi) is 9.09. The van der Waals surface area contributed by atoms with E-state index in [9.17, 15) is 9.59 Å². The highest BCUT2D eigenvalue weighted by Crippen LogP contribution is 2.19. The number of para-hydroxylation sites is 1. The van der Waals surface area contributed by atoms with E-state index < -0.39 is 0 Å². The number of nitrogens with one attached hydrogen (secondary N) is 1. The zero-order valence-electron chi connectivity index (χ0n) is 16.7. The smallest absolute Gasteiger partial charge is 0.262 e. The predicted octanol–water partition coefficient (Wildman–Crippen LogP) is 3.84. The van der Waals surface area contributed by atoms with Crippen LogP contribution in [-0.4, -0.2) is 27.8 Å². The number of thioether (sulfide) groups is 1. The van der Waals surface area contributed by atoms with Crippen molar-refractivity contribution in [3.8, 4) is 12.3 Å². The van der Waals surface area contributed by atoms with Gasteiger partial charge in [-0.2, -0.15) is 0 Å².